The lowest BCUT2D eigenvalue weighted by atomic mass is 10.1. The maximum Gasteiger partial charge on any atom is 0.160 e. The van der Waals surface area contributed by atoms with Gasteiger partial charge in [0.15, 0.2) is 5.82 Å². The van der Waals surface area contributed by atoms with Crippen molar-refractivity contribution in [3.8, 4) is 11.4 Å². The molecule has 0 fully saturated rings. The van der Waals surface area contributed by atoms with Crippen LogP contribution in [-0.2, 0) is 0 Å². The molecule has 0 aliphatic rings. The van der Waals surface area contributed by atoms with Gasteiger partial charge in [-0.15, -0.1) is 0 Å². The van der Waals surface area contributed by atoms with Crippen molar-refractivity contribution in [1.82, 2.24) is 9.97 Å². The van der Waals surface area contributed by atoms with Gasteiger partial charge in [-0.2, -0.15) is 0 Å². The summed E-state index contributed by atoms with van der Waals surface area (Å²) in [5.74, 6) is 0.793. The summed E-state index contributed by atoms with van der Waals surface area (Å²) in [6.07, 6.45) is 0. The van der Waals surface area contributed by atoms with E-state index in [9.17, 15) is 0 Å². The van der Waals surface area contributed by atoms with E-state index in [4.69, 9.17) is 0 Å². The zero-order valence-corrected chi connectivity index (χ0v) is 11.6. The van der Waals surface area contributed by atoms with Crippen LogP contribution in [0.4, 0.5) is 0 Å². The van der Waals surface area contributed by atoms with E-state index in [0.29, 0.717) is 0 Å². The van der Waals surface area contributed by atoms with Crippen LogP contribution in [0.15, 0.2) is 54.6 Å². The highest BCUT2D eigenvalue weighted by molar-refractivity contribution is 5.82. The number of rotatable bonds is 1. The molecular formula is C17H18N2. The Morgan fingerprint density at radius 3 is 2.11 bits per heavy atom. The third kappa shape index (κ3) is 2.79. The highest BCUT2D eigenvalue weighted by Gasteiger charge is 2.05. The largest absolute Gasteiger partial charge is 0.233 e. The van der Waals surface area contributed by atoms with Crippen molar-refractivity contribution in [2.24, 2.45) is 0 Å². The highest BCUT2D eigenvalue weighted by atomic mass is 14.9. The van der Waals surface area contributed by atoms with Gasteiger partial charge in [0.2, 0.25) is 0 Å². The maximum absolute atomic E-state index is 4.60. The van der Waals surface area contributed by atoms with Gasteiger partial charge in [-0.25, -0.2) is 9.97 Å². The molecule has 0 amide bonds. The molecule has 3 rings (SSSR count). The normalized spacial score (nSPS) is 9.84. The molecule has 0 aliphatic heterocycles. The lowest BCUT2D eigenvalue weighted by Gasteiger charge is -2.05. The summed E-state index contributed by atoms with van der Waals surface area (Å²) in [6.45, 7) is 6.02. The predicted molar refractivity (Wildman–Crippen MR) is 81.1 cm³/mol. The van der Waals surface area contributed by atoms with Crippen LogP contribution in [-0.4, -0.2) is 9.97 Å². The van der Waals surface area contributed by atoms with Crippen molar-refractivity contribution in [2.75, 3.05) is 0 Å². The Hall–Kier alpha value is -2.22. The first kappa shape index (κ1) is 13.2. The fourth-order valence-corrected chi connectivity index (χ4v) is 1.95. The zero-order valence-electron chi connectivity index (χ0n) is 11.6. The van der Waals surface area contributed by atoms with Crippen molar-refractivity contribution in [3.05, 3.63) is 60.3 Å². The van der Waals surface area contributed by atoms with Crippen LogP contribution in [0, 0.1) is 6.92 Å². The minimum absolute atomic E-state index is 0.793. The van der Waals surface area contributed by atoms with Gasteiger partial charge in [0.25, 0.3) is 0 Å². The van der Waals surface area contributed by atoms with Crippen LogP contribution in [0.25, 0.3) is 22.3 Å². The monoisotopic (exact) mass is 250 g/mol. The minimum atomic E-state index is 0.793. The number of para-hydroxylation sites is 1. The van der Waals surface area contributed by atoms with E-state index in [2.05, 4.69) is 16.0 Å². The van der Waals surface area contributed by atoms with Crippen molar-refractivity contribution in [1.29, 1.82) is 0 Å². The van der Waals surface area contributed by atoms with Gasteiger partial charge in [0.05, 0.1) is 5.52 Å². The first-order chi connectivity index (χ1) is 9.34. The molecule has 19 heavy (non-hydrogen) atoms. The van der Waals surface area contributed by atoms with Crippen LogP contribution >= 0.6 is 0 Å². The molecule has 0 spiro atoms. The van der Waals surface area contributed by atoms with Gasteiger partial charge in [-0.3, -0.25) is 0 Å². The van der Waals surface area contributed by atoms with Gasteiger partial charge in [0, 0.05) is 16.6 Å². The predicted octanol–water partition coefficient (Wildman–Crippen LogP) is 4.63. The topological polar surface area (TPSA) is 25.8 Å². The Bertz CT molecular complexity index is 660. The zero-order chi connectivity index (χ0) is 13.7. The number of aromatic nitrogens is 2. The molecule has 2 heteroatoms. The molecule has 0 aliphatic carbocycles. The fourth-order valence-electron chi connectivity index (χ4n) is 1.95. The summed E-state index contributed by atoms with van der Waals surface area (Å²) in [6, 6.07) is 18.2. The Morgan fingerprint density at radius 2 is 1.37 bits per heavy atom. The van der Waals surface area contributed by atoms with E-state index in [1.54, 1.807) is 0 Å². The standard InChI is InChI=1S/C15H12N2.C2H6/c1-11-13-9-5-6-10-14(13)17-15(16-11)12-7-3-2-4-8-12;1-2/h2-10H,1H3;1-2H3. The van der Waals surface area contributed by atoms with Crippen molar-refractivity contribution in [3.63, 3.8) is 0 Å². The van der Waals surface area contributed by atoms with Gasteiger partial charge < -0.3 is 0 Å². The Balaban J connectivity index is 0.000000637. The minimum Gasteiger partial charge on any atom is -0.233 e. The van der Waals surface area contributed by atoms with Crippen LogP contribution in [0.3, 0.4) is 0 Å². The Morgan fingerprint density at radius 1 is 0.737 bits per heavy atom. The Kier molecular flexibility index (Phi) is 4.24. The van der Waals surface area contributed by atoms with Gasteiger partial charge in [-0.05, 0) is 13.0 Å². The summed E-state index contributed by atoms with van der Waals surface area (Å²) in [5.41, 5.74) is 3.08. The third-order valence-electron chi connectivity index (χ3n) is 2.83. The van der Waals surface area contributed by atoms with E-state index < -0.39 is 0 Å². The van der Waals surface area contributed by atoms with E-state index >= 15 is 0 Å². The first-order valence-electron chi connectivity index (χ1n) is 6.63. The number of hydrogen-bond acceptors (Lipinski definition) is 2. The molecule has 96 valence electrons. The van der Waals surface area contributed by atoms with Gasteiger partial charge >= 0.3 is 0 Å². The SMILES string of the molecule is CC.Cc1nc(-c2ccccc2)nc2ccccc12. The maximum atomic E-state index is 4.60. The van der Waals surface area contributed by atoms with E-state index in [1.807, 2.05) is 69.3 Å². The molecule has 0 saturated heterocycles. The second-order valence-electron chi connectivity index (χ2n) is 4.02. The quantitative estimate of drug-likeness (QED) is 0.629. The van der Waals surface area contributed by atoms with Crippen molar-refractivity contribution >= 4 is 10.9 Å². The molecule has 0 radical (unpaired) electrons. The second-order valence-corrected chi connectivity index (χ2v) is 4.02. The molecule has 1 aromatic heterocycles. The summed E-state index contributed by atoms with van der Waals surface area (Å²) in [5, 5.41) is 1.12. The molecule has 0 N–H and O–H groups in total. The lowest BCUT2D eigenvalue weighted by molar-refractivity contribution is 1.16. The van der Waals surface area contributed by atoms with Crippen molar-refractivity contribution < 1.29 is 0 Å². The van der Waals surface area contributed by atoms with E-state index in [-0.39, 0.29) is 0 Å². The summed E-state index contributed by atoms with van der Waals surface area (Å²) < 4.78 is 0. The second kappa shape index (κ2) is 6.10. The molecule has 2 nitrogen and oxygen atoms in total. The van der Waals surface area contributed by atoms with E-state index in [0.717, 1.165) is 28.0 Å². The lowest BCUT2D eigenvalue weighted by Crippen LogP contribution is -1.93. The number of fused-ring (bicyclic) bond motifs is 1. The molecule has 1 heterocycles. The van der Waals surface area contributed by atoms with Crippen LogP contribution < -0.4 is 0 Å². The van der Waals surface area contributed by atoms with Crippen LogP contribution in [0.2, 0.25) is 0 Å². The average molecular weight is 250 g/mol. The summed E-state index contributed by atoms with van der Waals surface area (Å²) in [4.78, 5) is 9.16. The first-order valence-corrected chi connectivity index (χ1v) is 6.63. The smallest absolute Gasteiger partial charge is 0.160 e. The Labute approximate surface area is 114 Å². The number of benzene rings is 2. The number of aryl methyl sites for hydroxylation is 1. The molecule has 0 unspecified atom stereocenters. The number of hydrogen-bond donors (Lipinski definition) is 0. The molecule has 0 saturated carbocycles. The molecular weight excluding hydrogens is 232 g/mol. The van der Waals surface area contributed by atoms with E-state index in [1.165, 1.54) is 0 Å². The van der Waals surface area contributed by atoms with Gasteiger partial charge in [0.1, 0.15) is 0 Å². The fraction of sp³-hybridized carbons (Fsp3) is 0.176. The summed E-state index contributed by atoms with van der Waals surface area (Å²) in [7, 11) is 0. The molecule has 0 bridgehead atoms. The van der Waals surface area contributed by atoms with Gasteiger partial charge in [-0.1, -0.05) is 62.4 Å². The number of nitrogens with zero attached hydrogens (tertiary/aromatic N) is 2. The van der Waals surface area contributed by atoms with Crippen molar-refractivity contribution in [2.45, 2.75) is 20.8 Å². The molecule has 2 aromatic carbocycles. The summed E-state index contributed by atoms with van der Waals surface area (Å²) >= 11 is 0. The highest BCUT2D eigenvalue weighted by Crippen LogP contribution is 2.20. The molecule has 3 aromatic rings. The average Bonchev–Trinajstić information content (AvgIpc) is 2.50. The van der Waals surface area contributed by atoms with Crippen LogP contribution in [0.1, 0.15) is 19.5 Å². The van der Waals surface area contributed by atoms with Crippen LogP contribution in [0.5, 0.6) is 0 Å². The molecule has 0 atom stereocenters. The third-order valence-corrected chi connectivity index (χ3v) is 2.83.